The van der Waals surface area contributed by atoms with Crippen LogP contribution in [0.4, 0.5) is 0 Å². The molecule has 0 aliphatic carbocycles. The van der Waals surface area contributed by atoms with Crippen LogP contribution in [0.2, 0.25) is 0 Å². The van der Waals surface area contributed by atoms with Gasteiger partial charge in [0, 0.05) is 5.92 Å². The quantitative estimate of drug-likeness (QED) is 0.504. The molecule has 15 heavy (non-hydrogen) atoms. The van der Waals surface area contributed by atoms with E-state index < -0.39 is 0 Å². The van der Waals surface area contributed by atoms with Gasteiger partial charge in [-0.15, -0.1) is 0 Å². The van der Waals surface area contributed by atoms with Gasteiger partial charge in [0.1, 0.15) is 6.29 Å². The third-order valence-electron chi connectivity index (χ3n) is 2.63. The predicted octanol–water partition coefficient (Wildman–Crippen LogP) is 2.44. The Morgan fingerprint density at radius 1 is 1.20 bits per heavy atom. The summed E-state index contributed by atoms with van der Waals surface area (Å²) in [6, 6.07) is 0. The average Bonchev–Trinajstić information content (AvgIpc) is 2.15. The van der Waals surface area contributed by atoms with Crippen molar-refractivity contribution in [3.8, 4) is 0 Å². The highest BCUT2D eigenvalue weighted by Gasteiger charge is 2.21. The Morgan fingerprint density at radius 2 is 1.73 bits per heavy atom. The number of rotatable bonds is 6. The van der Waals surface area contributed by atoms with Crippen LogP contribution in [0.5, 0.6) is 0 Å². The maximum absolute atomic E-state index is 11.6. The van der Waals surface area contributed by atoms with Crippen molar-refractivity contribution in [1.82, 2.24) is 0 Å². The molecule has 0 aliphatic heterocycles. The van der Waals surface area contributed by atoms with Crippen molar-refractivity contribution < 1.29 is 14.3 Å². The zero-order valence-electron chi connectivity index (χ0n) is 10.3. The molecule has 0 aromatic carbocycles. The van der Waals surface area contributed by atoms with Gasteiger partial charge >= 0.3 is 5.97 Å². The summed E-state index contributed by atoms with van der Waals surface area (Å²) in [6.07, 6.45) is 1.30. The van der Waals surface area contributed by atoms with Crippen LogP contribution in [0.3, 0.4) is 0 Å². The first-order valence-corrected chi connectivity index (χ1v) is 5.54. The molecule has 0 spiro atoms. The van der Waals surface area contributed by atoms with Crippen molar-refractivity contribution in [2.45, 2.75) is 47.1 Å². The Labute approximate surface area is 92.2 Å². The molecule has 0 aromatic rings. The Hall–Kier alpha value is -0.860. The Kier molecular flexibility index (Phi) is 6.21. The van der Waals surface area contributed by atoms with Crippen molar-refractivity contribution in [1.29, 1.82) is 0 Å². The van der Waals surface area contributed by atoms with E-state index in [0.717, 1.165) is 6.29 Å². The van der Waals surface area contributed by atoms with E-state index in [1.165, 1.54) is 0 Å². The summed E-state index contributed by atoms with van der Waals surface area (Å²) >= 11 is 0. The molecular weight excluding hydrogens is 192 g/mol. The van der Waals surface area contributed by atoms with Crippen LogP contribution in [-0.2, 0) is 14.3 Å². The minimum atomic E-state index is -0.182. The first-order chi connectivity index (χ1) is 6.88. The Morgan fingerprint density at radius 3 is 2.13 bits per heavy atom. The molecule has 0 saturated heterocycles. The van der Waals surface area contributed by atoms with E-state index in [4.69, 9.17) is 4.74 Å². The minimum absolute atomic E-state index is 0.0536. The van der Waals surface area contributed by atoms with Gasteiger partial charge in [-0.25, -0.2) is 0 Å². The van der Waals surface area contributed by atoms with Gasteiger partial charge in [0.2, 0.25) is 0 Å². The summed E-state index contributed by atoms with van der Waals surface area (Å²) in [7, 11) is 0. The molecule has 88 valence electrons. The van der Waals surface area contributed by atoms with Crippen LogP contribution >= 0.6 is 0 Å². The lowest BCUT2D eigenvalue weighted by molar-refractivity contribution is -0.155. The molecular formula is C12H22O3. The summed E-state index contributed by atoms with van der Waals surface area (Å²) in [4.78, 5) is 22.0. The molecule has 3 nitrogen and oxygen atoms in total. The molecule has 0 aliphatic rings. The van der Waals surface area contributed by atoms with E-state index in [9.17, 15) is 9.59 Å². The van der Waals surface area contributed by atoms with E-state index >= 15 is 0 Å². The summed E-state index contributed by atoms with van der Waals surface area (Å²) < 4.78 is 5.25. The third-order valence-corrected chi connectivity index (χ3v) is 2.63. The van der Waals surface area contributed by atoms with Crippen molar-refractivity contribution in [3.63, 3.8) is 0 Å². The molecule has 0 unspecified atom stereocenters. The number of esters is 1. The van der Waals surface area contributed by atoms with Gasteiger partial charge in [-0.1, -0.05) is 27.7 Å². The molecule has 3 atom stereocenters. The van der Waals surface area contributed by atoms with E-state index in [1.54, 1.807) is 0 Å². The molecule has 0 radical (unpaired) electrons. The smallest absolute Gasteiger partial charge is 0.309 e. The van der Waals surface area contributed by atoms with Crippen molar-refractivity contribution in [3.05, 3.63) is 0 Å². The topological polar surface area (TPSA) is 43.4 Å². The number of hydrogen-bond donors (Lipinski definition) is 0. The average molecular weight is 214 g/mol. The fourth-order valence-corrected chi connectivity index (χ4v) is 1.21. The zero-order chi connectivity index (χ0) is 12.0. The van der Waals surface area contributed by atoms with E-state index in [-0.39, 0.29) is 29.8 Å². The Bertz CT molecular complexity index is 211. The van der Waals surface area contributed by atoms with Crippen molar-refractivity contribution in [2.24, 2.45) is 17.8 Å². The van der Waals surface area contributed by atoms with E-state index in [0.29, 0.717) is 6.42 Å². The van der Waals surface area contributed by atoms with Crippen LogP contribution in [0, 0.1) is 17.8 Å². The molecule has 0 aromatic heterocycles. The van der Waals surface area contributed by atoms with Gasteiger partial charge < -0.3 is 9.53 Å². The summed E-state index contributed by atoms with van der Waals surface area (Å²) in [5.41, 5.74) is 0. The lowest BCUT2D eigenvalue weighted by atomic mass is 9.98. The number of hydrogen-bond acceptors (Lipinski definition) is 3. The minimum Gasteiger partial charge on any atom is -0.462 e. The molecule has 0 N–H and O–H groups in total. The number of carbonyl (C=O) groups excluding carboxylic acids is 2. The van der Waals surface area contributed by atoms with Gasteiger partial charge in [-0.05, 0) is 19.3 Å². The maximum Gasteiger partial charge on any atom is 0.309 e. The third kappa shape index (κ3) is 5.55. The van der Waals surface area contributed by atoms with Crippen LogP contribution in [-0.4, -0.2) is 18.4 Å². The molecule has 0 saturated carbocycles. The molecule has 3 heteroatoms. The largest absolute Gasteiger partial charge is 0.462 e. The summed E-state index contributed by atoms with van der Waals surface area (Å²) in [5, 5.41) is 0. The number of ether oxygens (including phenoxy) is 1. The normalized spacial score (nSPS) is 16.9. The predicted molar refractivity (Wildman–Crippen MR) is 59.4 cm³/mol. The van der Waals surface area contributed by atoms with Crippen LogP contribution in [0.1, 0.15) is 41.0 Å². The molecule has 0 rings (SSSR count). The SMILES string of the molecule is CC(C)[C@H](C)C(=O)O[C@@H](C)C[C@@H](C)C=O. The second-order valence-corrected chi connectivity index (χ2v) is 4.63. The van der Waals surface area contributed by atoms with Gasteiger partial charge in [-0.3, -0.25) is 4.79 Å². The van der Waals surface area contributed by atoms with Gasteiger partial charge in [0.15, 0.2) is 0 Å². The Balaban J connectivity index is 4.01. The van der Waals surface area contributed by atoms with Crippen LogP contribution < -0.4 is 0 Å². The number of aldehydes is 1. The van der Waals surface area contributed by atoms with Gasteiger partial charge in [-0.2, -0.15) is 0 Å². The molecule has 0 bridgehead atoms. The number of carbonyl (C=O) groups is 2. The fraction of sp³-hybridized carbons (Fsp3) is 0.833. The molecule has 0 heterocycles. The molecule has 0 fully saturated rings. The van der Waals surface area contributed by atoms with Crippen LogP contribution in [0.15, 0.2) is 0 Å². The van der Waals surface area contributed by atoms with Crippen molar-refractivity contribution >= 4 is 12.3 Å². The standard InChI is InChI=1S/C12H22O3/c1-8(2)11(5)12(14)15-10(4)6-9(3)7-13/h7-11H,6H2,1-5H3/t9-,10+,11+/m1/s1. The van der Waals surface area contributed by atoms with Crippen molar-refractivity contribution in [2.75, 3.05) is 0 Å². The van der Waals surface area contributed by atoms with Gasteiger partial charge in [0.05, 0.1) is 12.0 Å². The first-order valence-electron chi connectivity index (χ1n) is 5.54. The van der Waals surface area contributed by atoms with Gasteiger partial charge in [0.25, 0.3) is 0 Å². The lowest BCUT2D eigenvalue weighted by Gasteiger charge is -2.19. The summed E-state index contributed by atoms with van der Waals surface area (Å²) in [6.45, 7) is 9.49. The van der Waals surface area contributed by atoms with E-state index in [1.807, 2.05) is 34.6 Å². The fourth-order valence-electron chi connectivity index (χ4n) is 1.21. The first kappa shape index (κ1) is 14.1. The second kappa shape index (κ2) is 6.59. The maximum atomic E-state index is 11.6. The zero-order valence-corrected chi connectivity index (χ0v) is 10.3. The van der Waals surface area contributed by atoms with E-state index in [2.05, 4.69) is 0 Å². The monoisotopic (exact) mass is 214 g/mol. The van der Waals surface area contributed by atoms with Crippen LogP contribution in [0.25, 0.3) is 0 Å². The second-order valence-electron chi connectivity index (χ2n) is 4.63. The highest BCUT2D eigenvalue weighted by atomic mass is 16.5. The highest BCUT2D eigenvalue weighted by Crippen LogP contribution is 2.14. The highest BCUT2D eigenvalue weighted by molar-refractivity contribution is 5.72. The molecule has 0 amide bonds. The lowest BCUT2D eigenvalue weighted by Crippen LogP contribution is -2.25. The summed E-state index contributed by atoms with van der Waals surface area (Å²) in [5.74, 6) is -0.0232.